The number of hydrogen-bond acceptors (Lipinski definition) is 3. The van der Waals surface area contributed by atoms with Gasteiger partial charge in [-0.2, -0.15) is 0 Å². The van der Waals surface area contributed by atoms with Crippen molar-refractivity contribution in [1.82, 2.24) is 0 Å². The van der Waals surface area contributed by atoms with E-state index in [2.05, 4.69) is 0 Å². The summed E-state index contributed by atoms with van der Waals surface area (Å²) in [6.07, 6.45) is 1.99. The third kappa shape index (κ3) is 2.72. The average Bonchev–Trinajstić information content (AvgIpc) is 2.39. The van der Waals surface area contributed by atoms with Crippen molar-refractivity contribution in [1.29, 1.82) is 0 Å². The van der Waals surface area contributed by atoms with Crippen LogP contribution in [0.25, 0.3) is 0 Å². The van der Waals surface area contributed by atoms with Crippen molar-refractivity contribution in [3.05, 3.63) is 35.9 Å². The molecule has 1 aromatic rings. The molecule has 0 radical (unpaired) electrons. The van der Waals surface area contributed by atoms with Gasteiger partial charge in [0.15, 0.2) is 0 Å². The predicted molar refractivity (Wildman–Crippen MR) is 69.2 cm³/mol. The molecule has 1 fully saturated rings. The van der Waals surface area contributed by atoms with Crippen LogP contribution in [-0.2, 0) is 9.53 Å². The second-order valence-electron chi connectivity index (χ2n) is 4.79. The van der Waals surface area contributed by atoms with Crippen LogP contribution in [0, 0.1) is 5.92 Å². The van der Waals surface area contributed by atoms with Crippen molar-refractivity contribution < 1.29 is 14.6 Å². The molecule has 98 valence electrons. The highest BCUT2D eigenvalue weighted by Gasteiger charge is 2.38. The maximum atomic E-state index is 12.0. The van der Waals surface area contributed by atoms with Gasteiger partial charge in [-0.05, 0) is 31.7 Å². The van der Waals surface area contributed by atoms with E-state index in [1.165, 1.54) is 0 Å². The lowest BCUT2D eigenvalue weighted by Crippen LogP contribution is -2.36. The van der Waals surface area contributed by atoms with Gasteiger partial charge < -0.3 is 9.84 Å². The maximum Gasteiger partial charge on any atom is 0.309 e. The molecule has 1 aliphatic rings. The molecule has 1 aliphatic carbocycles. The minimum Gasteiger partial charge on any atom is -0.466 e. The average molecular weight is 248 g/mol. The summed E-state index contributed by atoms with van der Waals surface area (Å²) in [6, 6.07) is 9.78. The number of ether oxygens (including phenoxy) is 1. The third-order valence-corrected chi connectivity index (χ3v) is 3.64. The number of aliphatic hydroxyl groups is 1. The Balaban J connectivity index is 2.23. The van der Waals surface area contributed by atoms with Gasteiger partial charge in [0.25, 0.3) is 0 Å². The highest BCUT2D eigenvalue weighted by Crippen LogP contribution is 2.38. The van der Waals surface area contributed by atoms with E-state index < -0.39 is 6.10 Å². The first-order valence-electron chi connectivity index (χ1n) is 6.63. The quantitative estimate of drug-likeness (QED) is 0.836. The Morgan fingerprint density at radius 2 is 2.06 bits per heavy atom. The molecule has 1 aromatic carbocycles. The predicted octanol–water partition coefficient (Wildman–Crippen LogP) is 2.49. The Morgan fingerprint density at radius 3 is 2.72 bits per heavy atom. The van der Waals surface area contributed by atoms with Crippen LogP contribution in [0.1, 0.15) is 37.7 Å². The van der Waals surface area contributed by atoms with Crippen LogP contribution in [0.15, 0.2) is 30.3 Å². The van der Waals surface area contributed by atoms with E-state index in [0.29, 0.717) is 6.61 Å². The zero-order valence-electron chi connectivity index (χ0n) is 10.7. The lowest BCUT2D eigenvalue weighted by molar-refractivity contribution is -0.151. The van der Waals surface area contributed by atoms with Crippen LogP contribution in [0.2, 0.25) is 0 Å². The van der Waals surface area contributed by atoms with Crippen LogP contribution >= 0.6 is 0 Å². The van der Waals surface area contributed by atoms with Gasteiger partial charge in [-0.1, -0.05) is 30.3 Å². The summed E-state index contributed by atoms with van der Waals surface area (Å²) in [5.41, 5.74) is 1.03. The molecule has 18 heavy (non-hydrogen) atoms. The van der Waals surface area contributed by atoms with E-state index >= 15 is 0 Å². The first-order chi connectivity index (χ1) is 8.74. The molecule has 0 bridgehead atoms. The number of benzene rings is 1. The SMILES string of the molecule is CCOC(=O)[C@@H]1CCC[C@H](O)[C@H]1c1ccccc1. The van der Waals surface area contributed by atoms with Gasteiger partial charge in [0, 0.05) is 5.92 Å². The first kappa shape index (κ1) is 13.1. The van der Waals surface area contributed by atoms with Crippen LogP contribution in [-0.4, -0.2) is 23.8 Å². The zero-order chi connectivity index (χ0) is 13.0. The minimum absolute atomic E-state index is 0.126. The van der Waals surface area contributed by atoms with Crippen LogP contribution in [0.3, 0.4) is 0 Å². The molecule has 3 heteroatoms. The van der Waals surface area contributed by atoms with Crippen molar-refractivity contribution in [2.45, 2.75) is 38.2 Å². The number of esters is 1. The molecule has 1 saturated carbocycles. The zero-order valence-corrected chi connectivity index (χ0v) is 10.7. The summed E-state index contributed by atoms with van der Waals surface area (Å²) in [7, 11) is 0. The number of rotatable bonds is 3. The normalized spacial score (nSPS) is 27.8. The van der Waals surface area contributed by atoms with Crippen LogP contribution in [0.4, 0.5) is 0 Å². The number of aliphatic hydroxyl groups excluding tert-OH is 1. The molecule has 1 N–H and O–H groups in total. The van der Waals surface area contributed by atoms with Gasteiger partial charge in [0.2, 0.25) is 0 Å². The fraction of sp³-hybridized carbons (Fsp3) is 0.533. The van der Waals surface area contributed by atoms with Crippen molar-refractivity contribution in [3.63, 3.8) is 0 Å². The molecule has 0 heterocycles. The van der Waals surface area contributed by atoms with E-state index in [9.17, 15) is 9.90 Å². The molecular formula is C15H20O3. The van der Waals surface area contributed by atoms with Gasteiger partial charge >= 0.3 is 5.97 Å². The summed E-state index contributed by atoms with van der Waals surface area (Å²) < 4.78 is 5.13. The molecule has 0 amide bonds. The standard InChI is InChI=1S/C15H20O3/c1-2-18-15(17)12-9-6-10-13(16)14(12)11-7-4-3-5-8-11/h3-5,7-8,12-14,16H,2,6,9-10H2,1H3/t12-,13+,14+/m1/s1. The summed E-state index contributed by atoms with van der Waals surface area (Å²) in [5.74, 6) is -0.514. The Morgan fingerprint density at radius 1 is 1.33 bits per heavy atom. The summed E-state index contributed by atoms with van der Waals surface area (Å²) >= 11 is 0. The van der Waals surface area contributed by atoms with E-state index in [1.54, 1.807) is 0 Å². The molecule has 0 unspecified atom stereocenters. The molecule has 2 rings (SSSR count). The molecule has 3 nitrogen and oxygen atoms in total. The fourth-order valence-corrected chi connectivity index (χ4v) is 2.82. The highest BCUT2D eigenvalue weighted by atomic mass is 16.5. The van der Waals surface area contributed by atoms with E-state index in [4.69, 9.17) is 4.74 Å². The minimum atomic E-state index is -0.449. The topological polar surface area (TPSA) is 46.5 Å². The van der Waals surface area contributed by atoms with Crippen molar-refractivity contribution >= 4 is 5.97 Å². The largest absolute Gasteiger partial charge is 0.466 e. The van der Waals surface area contributed by atoms with Crippen molar-refractivity contribution in [2.24, 2.45) is 5.92 Å². The van der Waals surface area contributed by atoms with Gasteiger partial charge in [-0.15, -0.1) is 0 Å². The van der Waals surface area contributed by atoms with Crippen LogP contribution < -0.4 is 0 Å². The molecule has 0 saturated heterocycles. The van der Waals surface area contributed by atoms with Crippen molar-refractivity contribution in [2.75, 3.05) is 6.61 Å². The molecule has 0 aromatic heterocycles. The maximum absolute atomic E-state index is 12.0. The Kier molecular flexibility index (Phi) is 4.37. The van der Waals surface area contributed by atoms with Crippen molar-refractivity contribution in [3.8, 4) is 0 Å². The number of hydrogen-bond donors (Lipinski definition) is 1. The Bertz CT molecular complexity index is 388. The first-order valence-corrected chi connectivity index (χ1v) is 6.63. The lowest BCUT2D eigenvalue weighted by Gasteiger charge is -2.34. The second kappa shape index (κ2) is 6.01. The van der Waals surface area contributed by atoms with E-state index in [1.807, 2.05) is 37.3 Å². The monoisotopic (exact) mass is 248 g/mol. The Hall–Kier alpha value is -1.35. The Labute approximate surface area is 108 Å². The van der Waals surface area contributed by atoms with Gasteiger partial charge in [0.1, 0.15) is 0 Å². The molecule has 3 atom stereocenters. The molecule has 0 aliphatic heterocycles. The second-order valence-corrected chi connectivity index (χ2v) is 4.79. The fourth-order valence-electron chi connectivity index (χ4n) is 2.82. The molecular weight excluding hydrogens is 228 g/mol. The van der Waals surface area contributed by atoms with E-state index in [0.717, 1.165) is 24.8 Å². The van der Waals surface area contributed by atoms with Gasteiger partial charge in [0.05, 0.1) is 18.6 Å². The van der Waals surface area contributed by atoms with E-state index in [-0.39, 0.29) is 17.8 Å². The smallest absolute Gasteiger partial charge is 0.309 e. The number of carbonyl (C=O) groups is 1. The summed E-state index contributed by atoms with van der Waals surface area (Å²) in [4.78, 5) is 12.0. The number of carbonyl (C=O) groups excluding carboxylic acids is 1. The van der Waals surface area contributed by atoms with Gasteiger partial charge in [-0.25, -0.2) is 0 Å². The summed E-state index contributed by atoms with van der Waals surface area (Å²) in [5, 5.41) is 10.2. The van der Waals surface area contributed by atoms with Gasteiger partial charge in [-0.3, -0.25) is 4.79 Å². The van der Waals surface area contributed by atoms with Crippen LogP contribution in [0.5, 0.6) is 0 Å². The summed E-state index contributed by atoms with van der Waals surface area (Å²) in [6.45, 7) is 2.21. The highest BCUT2D eigenvalue weighted by molar-refractivity contribution is 5.74. The lowest BCUT2D eigenvalue weighted by atomic mass is 9.73. The molecule has 0 spiro atoms. The third-order valence-electron chi connectivity index (χ3n) is 3.64.